The molecular formula is C77H128O6. The molecule has 1 unspecified atom stereocenters. The smallest absolute Gasteiger partial charge is 0.306 e. The first kappa shape index (κ1) is 78.5. The van der Waals surface area contributed by atoms with E-state index in [2.05, 4.69) is 154 Å². The molecule has 0 bridgehead atoms. The maximum atomic E-state index is 13.0. The summed E-state index contributed by atoms with van der Waals surface area (Å²) in [5.74, 6) is -0.924. The van der Waals surface area contributed by atoms with Crippen molar-refractivity contribution in [2.24, 2.45) is 0 Å². The molecule has 0 spiro atoms. The van der Waals surface area contributed by atoms with E-state index in [1.807, 2.05) is 0 Å². The maximum absolute atomic E-state index is 13.0. The van der Waals surface area contributed by atoms with Crippen LogP contribution in [0, 0.1) is 0 Å². The monoisotopic (exact) mass is 1150 g/mol. The number of hydrogen-bond acceptors (Lipinski definition) is 6. The second-order valence-electron chi connectivity index (χ2n) is 22.7. The van der Waals surface area contributed by atoms with Crippen LogP contribution in [0.5, 0.6) is 0 Å². The molecule has 0 aliphatic heterocycles. The van der Waals surface area contributed by atoms with E-state index < -0.39 is 6.10 Å². The third-order valence-corrected chi connectivity index (χ3v) is 14.6. The van der Waals surface area contributed by atoms with Gasteiger partial charge in [-0.15, -0.1) is 0 Å². The molecule has 0 aromatic carbocycles. The second kappa shape index (κ2) is 70.0. The lowest BCUT2D eigenvalue weighted by atomic mass is 10.0. The molecular weight excluding hydrogens is 1020 g/mol. The van der Waals surface area contributed by atoms with E-state index in [9.17, 15) is 14.4 Å². The number of allylic oxidation sites excluding steroid dienone is 22. The quantitative estimate of drug-likeness (QED) is 0.0261. The van der Waals surface area contributed by atoms with Crippen molar-refractivity contribution in [2.45, 2.75) is 322 Å². The van der Waals surface area contributed by atoms with Gasteiger partial charge in [0.1, 0.15) is 13.2 Å². The summed E-state index contributed by atoms with van der Waals surface area (Å²) in [6.07, 6.45) is 98.9. The first-order valence-electron chi connectivity index (χ1n) is 34.7. The molecule has 6 nitrogen and oxygen atoms in total. The summed E-state index contributed by atoms with van der Waals surface area (Å²) in [6, 6.07) is 0. The Labute approximate surface area is 513 Å². The van der Waals surface area contributed by atoms with E-state index in [1.54, 1.807) is 0 Å². The van der Waals surface area contributed by atoms with Gasteiger partial charge in [-0.05, 0) is 135 Å². The maximum Gasteiger partial charge on any atom is 0.306 e. The molecule has 0 aliphatic carbocycles. The Bertz CT molecular complexity index is 1750. The van der Waals surface area contributed by atoms with Gasteiger partial charge in [0, 0.05) is 19.3 Å². The average molecular weight is 1150 g/mol. The fourth-order valence-corrected chi connectivity index (χ4v) is 9.49. The summed E-state index contributed by atoms with van der Waals surface area (Å²) in [5, 5.41) is 0. The zero-order valence-corrected chi connectivity index (χ0v) is 54.2. The minimum atomic E-state index is -0.802. The normalized spacial score (nSPS) is 13.0. The zero-order valence-electron chi connectivity index (χ0n) is 54.2. The van der Waals surface area contributed by atoms with Crippen LogP contribution in [0.2, 0.25) is 0 Å². The van der Waals surface area contributed by atoms with E-state index in [4.69, 9.17) is 14.2 Å². The summed E-state index contributed by atoms with van der Waals surface area (Å²) >= 11 is 0. The molecule has 6 heteroatoms. The number of esters is 3. The lowest BCUT2D eigenvalue weighted by Gasteiger charge is -2.18. The highest BCUT2D eigenvalue weighted by molar-refractivity contribution is 5.71. The van der Waals surface area contributed by atoms with Crippen molar-refractivity contribution in [3.05, 3.63) is 134 Å². The number of carbonyl (C=O) groups excluding carboxylic acids is 3. The van der Waals surface area contributed by atoms with E-state index >= 15 is 0 Å². The molecule has 0 N–H and O–H groups in total. The highest BCUT2D eigenvalue weighted by atomic mass is 16.6. The van der Waals surface area contributed by atoms with Crippen molar-refractivity contribution in [3.8, 4) is 0 Å². The first-order valence-corrected chi connectivity index (χ1v) is 34.7. The van der Waals surface area contributed by atoms with Crippen LogP contribution in [-0.4, -0.2) is 37.2 Å². The van der Waals surface area contributed by atoms with Gasteiger partial charge in [-0.1, -0.05) is 296 Å². The van der Waals surface area contributed by atoms with Crippen LogP contribution in [0.25, 0.3) is 0 Å². The van der Waals surface area contributed by atoms with Gasteiger partial charge in [-0.3, -0.25) is 14.4 Å². The Morgan fingerprint density at radius 1 is 0.253 bits per heavy atom. The molecule has 0 heterocycles. The SMILES string of the molecule is CC/C=C\C/C=C\C/C=C\C/C=C\CCCCCCCCCCCCCCCCC(=O)OCC(COC(=O)CCCCCC/C=C\C/C=C\C/C=C\C/C=C\CC)OC(=O)CCCCCCCC/C=C\C/C=C\C/C=C\CCCCCCC. The standard InChI is InChI=1S/C77H128O6/c1-4-7-10-13-16-19-22-25-28-31-33-35-36-37-38-39-40-42-43-46-49-52-55-58-61-64-67-70-76(79)82-73-74(72-81-75(78)69-66-63-60-57-54-51-48-45-30-27-24-21-18-15-12-9-6-3)83-77(80)71-68-65-62-59-56-53-50-47-44-41-34-32-29-26-23-20-17-14-11-8-5-2/h7,9-10,12,16,18-19,21,23,25-28,30,32-35,44,47-48,51,74H,4-6,8,11,13-15,17,20,22,24,29,31,36-43,45-46,49-50,52-73H2,1-3H3/b10-7-,12-9-,19-16-,21-18-,26-23-,28-25-,30-27-,34-32-,35-33-,47-44-,51-48-. The van der Waals surface area contributed by atoms with Crippen LogP contribution in [-0.2, 0) is 28.6 Å². The topological polar surface area (TPSA) is 78.9 Å². The molecule has 0 fully saturated rings. The number of ether oxygens (including phenoxy) is 3. The van der Waals surface area contributed by atoms with Crippen LogP contribution in [0.1, 0.15) is 316 Å². The Morgan fingerprint density at radius 2 is 0.470 bits per heavy atom. The van der Waals surface area contributed by atoms with Gasteiger partial charge in [0.15, 0.2) is 6.10 Å². The van der Waals surface area contributed by atoms with Crippen molar-refractivity contribution >= 4 is 17.9 Å². The molecule has 0 saturated heterocycles. The lowest BCUT2D eigenvalue weighted by Crippen LogP contribution is -2.30. The minimum absolute atomic E-state index is 0.0940. The van der Waals surface area contributed by atoms with Gasteiger partial charge in [0.05, 0.1) is 0 Å². The van der Waals surface area contributed by atoms with E-state index in [0.29, 0.717) is 19.3 Å². The minimum Gasteiger partial charge on any atom is -0.462 e. The Morgan fingerprint density at radius 3 is 0.735 bits per heavy atom. The molecule has 0 aromatic rings. The number of carbonyl (C=O) groups is 3. The summed E-state index contributed by atoms with van der Waals surface area (Å²) in [6.45, 7) is 6.40. The van der Waals surface area contributed by atoms with Gasteiger partial charge in [-0.25, -0.2) is 0 Å². The predicted molar refractivity (Wildman–Crippen MR) is 362 cm³/mol. The number of rotatable bonds is 62. The van der Waals surface area contributed by atoms with Crippen molar-refractivity contribution in [3.63, 3.8) is 0 Å². The lowest BCUT2D eigenvalue weighted by molar-refractivity contribution is -0.167. The largest absolute Gasteiger partial charge is 0.462 e. The van der Waals surface area contributed by atoms with E-state index in [0.717, 1.165) is 148 Å². The summed E-state index contributed by atoms with van der Waals surface area (Å²) < 4.78 is 17.0. The Balaban J connectivity index is 4.40. The molecule has 472 valence electrons. The van der Waals surface area contributed by atoms with Gasteiger partial charge in [-0.2, -0.15) is 0 Å². The van der Waals surface area contributed by atoms with Crippen LogP contribution in [0.3, 0.4) is 0 Å². The molecule has 0 aromatic heterocycles. The molecule has 1 atom stereocenters. The van der Waals surface area contributed by atoms with Crippen molar-refractivity contribution < 1.29 is 28.6 Å². The van der Waals surface area contributed by atoms with Gasteiger partial charge in [0.25, 0.3) is 0 Å². The molecule has 83 heavy (non-hydrogen) atoms. The summed E-state index contributed by atoms with van der Waals surface area (Å²) in [4.78, 5) is 38.5. The highest BCUT2D eigenvalue weighted by Crippen LogP contribution is 2.16. The van der Waals surface area contributed by atoms with Crippen LogP contribution in [0.4, 0.5) is 0 Å². The second-order valence-corrected chi connectivity index (χ2v) is 22.7. The Hall–Kier alpha value is -4.45. The molecule has 0 radical (unpaired) electrons. The molecule has 0 rings (SSSR count). The zero-order chi connectivity index (χ0) is 59.9. The molecule has 0 saturated carbocycles. The van der Waals surface area contributed by atoms with Crippen LogP contribution in [0.15, 0.2) is 134 Å². The highest BCUT2D eigenvalue weighted by Gasteiger charge is 2.19. The summed E-state index contributed by atoms with van der Waals surface area (Å²) in [5.41, 5.74) is 0. The average Bonchev–Trinajstić information content (AvgIpc) is 3.49. The van der Waals surface area contributed by atoms with Crippen molar-refractivity contribution in [1.29, 1.82) is 0 Å². The molecule has 0 aliphatic rings. The third-order valence-electron chi connectivity index (χ3n) is 14.6. The number of unbranched alkanes of at least 4 members (excludes halogenated alkanes) is 29. The van der Waals surface area contributed by atoms with Crippen LogP contribution >= 0.6 is 0 Å². The molecule has 0 amide bonds. The van der Waals surface area contributed by atoms with E-state index in [1.165, 1.54) is 128 Å². The predicted octanol–water partition coefficient (Wildman–Crippen LogP) is 24.1. The first-order chi connectivity index (χ1) is 41.0. The van der Waals surface area contributed by atoms with Crippen molar-refractivity contribution in [2.75, 3.05) is 13.2 Å². The number of hydrogen-bond donors (Lipinski definition) is 0. The van der Waals surface area contributed by atoms with Gasteiger partial charge < -0.3 is 14.2 Å². The van der Waals surface area contributed by atoms with Crippen molar-refractivity contribution in [1.82, 2.24) is 0 Å². The summed E-state index contributed by atoms with van der Waals surface area (Å²) in [7, 11) is 0. The van der Waals surface area contributed by atoms with Crippen LogP contribution < -0.4 is 0 Å². The fraction of sp³-hybridized carbons (Fsp3) is 0.675. The Kier molecular flexibility index (Phi) is 66.3. The third kappa shape index (κ3) is 68.2. The van der Waals surface area contributed by atoms with E-state index in [-0.39, 0.29) is 31.1 Å². The fourth-order valence-electron chi connectivity index (χ4n) is 9.49. The van der Waals surface area contributed by atoms with Gasteiger partial charge in [0.2, 0.25) is 0 Å². The van der Waals surface area contributed by atoms with Gasteiger partial charge >= 0.3 is 17.9 Å².